The number of piperazine rings is 1. The topological polar surface area (TPSA) is 49.3 Å². The van der Waals surface area contributed by atoms with Gasteiger partial charge in [-0.15, -0.1) is 0 Å². The highest BCUT2D eigenvalue weighted by Crippen LogP contribution is 2.39. The molecular formula is C19H30N4O. The normalized spacial score (nSPS) is 20.7. The Balaban J connectivity index is 1.66. The molecule has 1 amide bonds. The van der Waals surface area contributed by atoms with Crippen molar-refractivity contribution in [3.05, 3.63) is 17.6 Å². The fraction of sp³-hybridized carbons (Fsp3) is 0.737. The molecule has 0 bridgehead atoms. The van der Waals surface area contributed by atoms with Crippen molar-refractivity contribution in [2.24, 2.45) is 5.41 Å². The second kappa shape index (κ2) is 6.69. The first-order valence-electron chi connectivity index (χ1n) is 9.29. The van der Waals surface area contributed by atoms with Crippen LogP contribution in [-0.4, -0.2) is 47.0 Å². The van der Waals surface area contributed by atoms with Gasteiger partial charge >= 0.3 is 0 Å². The van der Waals surface area contributed by atoms with E-state index < -0.39 is 0 Å². The molecule has 2 aliphatic rings. The number of hydrogen-bond donors (Lipinski definition) is 0. The van der Waals surface area contributed by atoms with E-state index in [0.29, 0.717) is 11.8 Å². The van der Waals surface area contributed by atoms with Crippen LogP contribution in [0.2, 0.25) is 0 Å². The molecule has 3 rings (SSSR count). The minimum Gasteiger partial charge on any atom is -0.353 e. The largest absolute Gasteiger partial charge is 0.353 e. The van der Waals surface area contributed by atoms with E-state index >= 15 is 0 Å². The third-order valence-corrected chi connectivity index (χ3v) is 5.49. The summed E-state index contributed by atoms with van der Waals surface area (Å²) in [6.45, 7) is 11.7. The average Bonchev–Trinajstić information content (AvgIpc) is 3.01. The Morgan fingerprint density at radius 1 is 1.12 bits per heavy atom. The van der Waals surface area contributed by atoms with Gasteiger partial charge in [0.1, 0.15) is 11.6 Å². The summed E-state index contributed by atoms with van der Waals surface area (Å²) >= 11 is 0. The molecule has 0 N–H and O–H groups in total. The van der Waals surface area contributed by atoms with E-state index in [2.05, 4.69) is 41.6 Å². The van der Waals surface area contributed by atoms with Gasteiger partial charge in [-0.1, -0.05) is 33.6 Å². The molecular weight excluding hydrogens is 300 g/mol. The highest BCUT2D eigenvalue weighted by atomic mass is 16.2. The first-order valence-corrected chi connectivity index (χ1v) is 9.29. The number of anilines is 1. The van der Waals surface area contributed by atoms with Gasteiger partial charge in [-0.25, -0.2) is 9.97 Å². The van der Waals surface area contributed by atoms with Crippen molar-refractivity contribution in [1.29, 1.82) is 0 Å². The lowest BCUT2D eigenvalue weighted by atomic mass is 9.87. The quantitative estimate of drug-likeness (QED) is 0.854. The van der Waals surface area contributed by atoms with Gasteiger partial charge in [0.15, 0.2) is 0 Å². The first-order chi connectivity index (χ1) is 11.4. The molecule has 2 heterocycles. The molecule has 0 radical (unpaired) electrons. The van der Waals surface area contributed by atoms with E-state index in [4.69, 9.17) is 4.98 Å². The fourth-order valence-corrected chi connectivity index (χ4v) is 3.88. The minimum absolute atomic E-state index is 0.113. The highest BCUT2D eigenvalue weighted by Gasteiger charge is 2.39. The number of aromatic nitrogens is 2. The summed E-state index contributed by atoms with van der Waals surface area (Å²) in [5.74, 6) is 2.60. The lowest BCUT2D eigenvalue weighted by molar-refractivity contribution is -0.141. The Morgan fingerprint density at radius 2 is 1.75 bits per heavy atom. The summed E-state index contributed by atoms with van der Waals surface area (Å²) in [4.78, 5) is 26.5. The minimum atomic E-state index is -0.113. The number of rotatable bonds is 3. The van der Waals surface area contributed by atoms with Crippen LogP contribution in [0.15, 0.2) is 6.07 Å². The summed E-state index contributed by atoms with van der Waals surface area (Å²) in [7, 11) is 0. The molecule has 24 heavy (non-hydrogen) atoms. The summed E-state index contributed by atoms with van der Waals surface area (Å²) in [5, 5.41) is 0. The SMILES string of the molecule is Cc1cc(N2CCN(C(=O)C3(C)CCCC3)CC2)nc(C(C)C)n1. The predicted molar refractivity (Wildman–Crippen MR) is 96.2 cm³/mol. The van der Waals surface area contributed by atoms with Crippen LogP contribution in [0, 0.1) is 12.3 Å². The van der Waals surface area contributed by atoms with Gasteiger partial charge < -0.3 is 9.80 Å². The van der Waals surface area contributed by atoms with E-state index in [1.54, 1.807) is 0 Å². The lowest BCUT2D eigenvalue weighted by Crippen LogP contribution is -2.52. The van der Waals surface area contributed by atoms with Crippen molar-refractivity contribution in [2.75, 3.05) is 31.1 Å². The van der Waals surface area contributed by atoms with Crippen molar-refractivity contribution in [1.82, 2.24) is 14.9 Å². The van der Waals surface area contributed by atoms with Crippen LogP contribution in [-0.2, 0) is 4.79 Å². The maximum Gasteiger partial charge on any atom is 0.228 e. The maximum atomic E-state index is 12.8. The Hall–Kier alpha value is -1.65. The van der Waals surface area contributed by atoms with Gasteiger partial charge in [-0.05, 0) is 19.8 Å². The summed E-state index contributed by atoms with van der Waals surface area (Å²) in [6, 6.07) is 2.06. The van der Waals surface area contributed by atoms with Crippen LogP contribution >= 0.6 is 0 Å². The van der Waals surface area contributed by atoms with Crippen molar-refractivity contribution < 1.29 is 4.79 Å². The van der Waals surface area contributed by atoms with Crippen LogP contribution in [0.5, 0.6) is 0 Å². The molecule has 1 saturated carbocycles. The van der Waals surface area contributed by atoms with E-state index in [1.165, 1.54) is 12.8 Å². The van der Waals surface area contributed by atoms with Crippen LogP contribution in [0.4, 0.5) is 5.82 Å². The molecule has 132 valence electrons. The smallest absolute Gasteiger partial charge is 0.228 e. The number of aryl methyl sites for hydroxylation is 1. The average molecular weight is 330 g/mol. The van der Waals surface area contributed by atoms with Crippen LogP contribution in [0.25, 0.3) is 0 Å². The monoisotopic (exact) mass is 330 g/mol. The molecule has 1 aromatic heterocycles. The van der Waals surface area contributed by atoms with E-state index in [-0.39, 0.29) is 5.41 Å². The van der Waals surface area contributed by atoms with Gasteiger partial charge in [-0.3, -0.25) is 4.79 Å². The summed E-state index contributed by atoms with van der Waals surface area (Å²) in [6.07, 6.45) is 4.49. The van der Waals surface area contributed by atoms with Crippen LogP contribution < -0.4 is 4.90 Å². The molecule has 0 spiro atoms. The third-order valence-electron chi connectivity index (χ3n) is 5.49. The number of hydrogen-bond acceptors (Lipinski definition) is 4. The van der Waals surface area contributed by atoms with Gasteiger partial charge in [0.2, 0.25) is 5.91 Å². The second-order valence-electron chi connectivity index (χ2n) is 7.93. The number of nitrogens with zero attached hydrogens (tertiary/aromatic N) is 4. The highest BCUT2D eigenvalue weighted by molar-refractivity contribution is 5.83. The van der Waals surface area contributed by atoms with Gasteiger partial charge in [0, 0.05) is 49.3 Å². The van der Waals surface area contributed by atoms with Crippen molar-refractivity contribution in [2.45, 2.75) is 59.3 Å². The zero-order valence-corrected chi connectivity index (χ0v) is 15.5. The standard InChI is InChI=1S/C19H30N4O/c1-14(2)17-20-15(3)13-16(21-17)22-9-11-23(12-10-22)18(24)19(4)7-5-6-8-19/h13-14H,5-12H2,1-4H3. The molecule has 5 nitrogen and oxygen atoms in total. The maximum absolute atomic E-state index is 12.8. The molecule has 1 aromatic rings. The third kappa shape index (κ3) is 3.40. The molecule has 2 fully saturated rings. The molecule has 1 aliphatic carbocycles. The molecule has 1 aliphatic heterocycles. The van der Waals surface area contributed by atoms with Crippen LogP contribution in [0.1, 0.15) is 63.9 Å². The zero-order chi connectivity index (χ0) is 17.3. The second-order valence-corrected chi connectivity index (χ2v) is 7.93. The van der Waals surface area contributed by atoms with E-state index in [1.807, 2.05) is 6.92 Å². The van der Waals surface area contributed by atoms with Crippen molar-refractivity contribution >= 4 is 11.7 Å². The van der Waals surface area contributed by atoms with E-state index in [9.17, 15) is 4.79 Å². The summed E-state index contributed by atoms with van der Waals surface area (Å²) < 4.78 is 0. The number of carbonyl (C=O) groups excluding carboxylic acids is 1. The van der Waals surface area contributed by atoms with Crippen LogP contribution in [0.3, 0.4) is 0 Å². The molecule has 0 unspecified atom stereocenters. The van der Waals surface area contributed by atoms with Gasteiger partial charge in [0.25, 0.3) is 0 Å². The Bertz CT molecular complexity index is 599. The van der Waals surface area contributed by atoms with Gasteiger partial charge in [0.05, 0.1) is 0 Å². The molecule has 0 aromatic carbocycles. The molecule has 0 atom stereocenters. The Morgan fingerprint density at radius 3 is 2.33 bits per heavy atom. The Labute approximate surface area is 145 Å². The van der Waals surface area contributed by atoms with Crippen molar-refractivity contribution in [3.63, 3.8) is 0 Å². The van der Waals surface area contributed by atoms with Crippen molar-refractivity contribution in [3.8, 4) is 0 Å². The fourth-order valence-electron chi connectivity index (χ4n) is 3.88. The number of carbonyl (C=O) groups is 1. The molecule has 1 saturated heterocycles. The zero-order valence-electron chi connectivity index (χ0n) is 15.5. The van der Waals surface area contributed by atoms with Gasteiger partial charge in [-0.2, -0.15) is 0 Å². The molecule has 5 heteroatoms. The first kappa shape index (κ1) is 17.2. The predicted octanol–water partition coefficient (Wildman–Crippen LogP) is 3.14. The van der Waals surface area contributed by atoms with E-state index in [0.717, 1.165) is 56.4 Å². The Kier molecular flexibility index (Phi) is 4.79. The lowest BCUT2D eigenvalue weighted by Gasteiger charge is -2.39. The number of amides is 1. The summed E-state index contributed by atoms with van der Waals surface area (Å²) in [5.41, 5.74) is 0.902.